The van der Waals surface area contributed by atoms with Gasteiger partial charge in [-0.05, 0) is 39.4 Å². The van der Waals surface area contributed by atoms with Crippen LogP contribution in [0.2, 0.25) is 12.6 Å². The third-order valence-electron chi connectivity index (χ3n) is 3.26. The number of hydrogen-bond donors (Lipinski definition) is 0. The highest BCUT2D eigenvalue weighted by Gasteiger charge is 2.47. The van der Waals surface area contributed by atoms with Crippen molar-refractivity contribution in [2.75, 3.05) is 20.8 Å². The second-order valence-corrected chi connectivity index (χ2v) is 11.3. The van der Waals surface area contributed by atoms with Gasteiger partial charge in [-0.3, -0.25) is 4.57 Å². The summed E-state index contributed by atoms with van der Waals surface area (Å²) >= 11 is 0. The van der Waals surface area contributed by atoms with Crippen LogP contribution in [0.5, 0.6) is 0 Å². The van der Waals surface area contributed by atoms with Crippen molar-refractivity contribution in [2.24, 2.45) is 0 Å². The molecule has 1 heterocycles. The van der Waals surface area contributed by atoms with Gasteiger partial charge in [0.1, 0.15) is 0 Å². The second kappa shape index (κ2) is 4.44. The van der Waals surface area contributed by atoms with E-state index in [-0.39, 0.29) is 5.16 Å². The van der Waals surface area contributed by atoms with Crippen molar-refractivity contribution in [3.05, 3.63) is 0 Å². The molecule has 0 N–H and O–H groups in total. The molecule has 1 aliphatic rings. The first-order chi connectivity index (χ1) is 6.46. The van der Waals surface area contributed by atoms with E-state index >= 15 is 0 Å². The van der Waals surface area contributed by atoms with Crippen LogP contribution in [-0.2, 0) is 8.85 Å². The first-order valence-corrected chi connectivity index (χ1v) is 9.13. The first kappa shape index (κ1) is 12.4. The zero-order valence-electron chi connectivity index (χ0n) is 10.1. The molecular weight excluding hydrogens is 210 g/mol. The molecule has 1 rings (SSSR count). The summed E-state index contributed by atoms with van der Waals surface area (Å²) in [5.41, 5.74) is 0. The minimum absolute atomic E-state index is 0.252. The van der Waals surface area contributed by atoms with Crippen molar-refractivity contribution in [3.63, 3.8) is 0 Å². The van der Waals surface area contributed by atoms with E-state index in [1.54, 1.807) is 0 Å². The Kier molecular flexibility index (Phi) is 3.93. The molecule has 1 saturated heterocycles. The Hall–Kier alpha value is 0.314. The van der Waals surface area contributed by atoms with Crippen LogP contribution in [0.15, 0.2) is 0 Å². The van der Waals surface area contributed by atoms with Crippen LogP contribution in [0.4, 0.5) is 0 Å². The van der Waals surface area contributed by atoms with Crippen molar-refractivity contribution in [1.82, 2.24) is 4.57 Å². The van der Waals surface area contributed by atoms with Gasteiger partial charge in [0.15, 0.2) is 9.76 Å². The predicted octanol–water partition coefficient (Wildman–Crippen LogP) is 0.877. The van der Waals surface area contributed by atoms with Crippen molar-refractivity contribution < 1.29 is 8.85 Å². The molecule has 0 saturated carbocycles. The summed E-state index contributed by atoms with van der Waals surface area (Å²) in [6, 6.07) is 1.27. The summed E-state index contributed by atoms with van der Waals surface area (Å²) in [5, 5.41) is 0.252. The van der Waals surface area contributed by atoms with Gasteiger partial charge in [-0.15, -0.1) is 0 Å². The predicted molar refractivity (Wildman–Crippen MR) is 64.4 cm³/mol. The molecule has 1 aliphatic heterocycles. The molecule has 1 fully saturated rings. The average Bonchev–Trinajstić information content (AvgIpc) is 2.49. The zero-order valence-corrected chi connectivity index (χ0v) is 12.5. The lowest BCUT2D eigenvalue weighted by Crippen LogP contribution is -2.60. The van der Waals surface area contributed by atoms with Crippen LogP contribution in [0.1, 0.15) is 20.3 Å². The van der Waals surface area contributed by atoms with E-state index < -0.39 is 18.2 Å². The zero-order chi connectivity index (χ0) is 10.8. The van der Waals surface area contributed by atoms with E-state index in [9.17, 15) is 0 Å². The number of rotatable bonds is 4. The largest absolute Gasteiger partial charge is 0.425 e. The van der Waals surface area contributed by atoms with Gasteiger partial charge < -0.3 is 8.85 Å². The van der Waals surface area contributed by atoms with Gasteiger partial charge in [-0.1, -0.05) is 0 Å². The Bertz CT molecular complexity index is 201. The van der Waals surface area contributed by atoms with Crippen LogP contribution in [-0.4, -0.2) is 48.7 Å². The molecule has 0 aliphatic carbocycles. The van der Waals surface area contributed by atoms with Gasteiger partial charge in [0.05, 0.1) is 0 Å². The fourth-order valence-corrected chi connectivity index (χ4v) is 8.16. The molecule has 0 aromatic heterocycles. The van der Waals surface area contributed by atoms with Crippen LogP contribution in [0.25, 0.3) is 0 Å². The molecule has 0 radical (unpaired) electrons. The van der Waals surface area contributed by atoms with Crippen molar-refractivity contribution in [1.29, 1.82) is 0 Å². The lowest BCUT2D eigenvalue weighted by Gasteiger charge is -2.43. The van der Waals surface area contributed by atoms with Gasteiger partial charge in [0.25, 0.3) is 8.48 Å². The molecule has 1 unspecified atom stereocenters. The van der Waals surface area contributed by atoms with Gasteiger partial charge in [0, 0.05) is 19.4 Å². The summed E-state index contributed by atoms with van der Waals surface area (Å²) in [4.78, 5) is 0. The van der Waals surface area contributed by atoms with Gasteiger partial charge >= 0.3 is 0 Å². The minimum atomic E-state index is -1.57. The molecule has 14 heavy (non-hydrogen) atoms. The highest BCUT2D eigenvalue weighted by atomic mass is 28.4. The van der Waals surface area contributed by atoms with E-state index in [4.69, 9.17) is 8.85 Å². The quantitative estimate of drug-likeness (QED) is 0.673. The molecule has 0 aromatic rings. The molecule has 1 atom stereocenters. The second-order valence-electron chi connectivity index (χ2n) is 4.88. The van der Waals surface area contributed by atoms with Gasteiger partial charge in [0.2, 0.25) is 0 Å². The van der Waals surface area contributed by atoms with Crippen LogP contribution in [0, 0.1) is 0 Å². The average molecular weight is 233 g/mol. The Morgan fingerprint density at radius 1 is 1.36 bits per heavy atom. The van der Waals surface area contributed by atoms with Crippen molar-refractivity contribution >= 4 is 18.2 Å². The topological polar surface area (TPSA) is 21.7 Å². The standard InChI is InChI=1S/C9H23NO2Si2/c1-9(2,13-11-3)10-7-6-8-14(10,5)12-4/h6-8,13H2,1-5H3. The Balaban J connectivity index is 2.75. The Labute approximate surface area is 90.9 Å². The molecule has 0 amide bonds. The number of hydrogen-bond acceptors (Lipinski definition) is 3. The van der Waals surface area contributed by atoms with E-state index in [0.717, 1.165) is 0 Å². The van der Waals surface area contributed by atoms with Gasteiger partial charge in [-0.25, -0.2) is 0 Å². The lowest BCUT2D eigenvalue weighted by molar-refractivity contribution is 0.238. The maximum absolute atomic E-state index is 5.78. The van der Waals surface area contributed by atoms with E-state index in [1.165, 1.54) is 19.0 Å². The van der Waals surface area contributed by atoms with Crippen LogP contribution < -0.4 is 0 Å². The first-order valence-electron chi connectivity index (χ1n) is 5.28. The van der Waals surface area contributed by atoms with E-state index in [1.807, 2.05) is 14.2 Å². The van der Waals surface area contributed by atoms with Crippen LogP contribution >= 0.6 is 0 Å². The third kappa shape index (κ3) is 2.28. The Morgan fingerprint density at radius 2 is 2.00 bits per heavy atom. The van der Waals surface area contributed by atoms with Crippen molar-refractivity contribution in [3.8, 4) is 0 Å². The summed E-state index contributed by atoms with van der Waals surface area (Å²) in [5.74, 6) is 0. The highest BCUT2D eigenvalue weighted by Crippen LogP contribution is 2.32. The minimum Gasteiger partial charge on any atom is -0.425 e. The highest BCUT2D eigenvalue weighted by molar-refractivity contribution is 6.71. The molecule has 3 nitrogen and oxygen atoms in total. The monoisotopic (exact) mass is 233 g/mol. The Morgan fingerprint density at radius 3 is 2.50 bits per heavy atom. The molecule has 0 spiro atoms. The summed E-state index contributed by atoms with van der Waals surface area (Å²) in [6.07, 6.45) is 1.29. The normalized spacial score (nSPS) is 30.6. The molecule has 84 valence electrons. The number of nitrogens with zero attached hydrogens (tertiary/aromatic N) is 1. The van der Waals surface area contributed by atoms with Crippen LogP contribution in [0.3, 0.4) is 0 Å². The maximum atomic E-state index is 5.78. The molecular formula is C9H23NO2Si2. The van der Waals surface area contributed by atoms with E-state index in [2.05, 4.69) is 25.0 Å². The molecule has 0 bridgehead atoms. The fraction of sp³-hybridized carbons (Fsp3) is 1.00. The fourth-order valence-electron chi connectivity index (χ4n) is 2.52. The molecule has 5 heteroatoms. The smallest absolute Gasteiger partial charge is 0.268 e. The van der Waals surface area contributed by atoms with Crippen molar-refractivity contribution in [2.45, 2.75) is 38.0 Å². The summed E-state index contributed by atoms with van der Waals surface area (Å²) in [7, 11) is 1.65. The molecule has 0 aromatic carbocycles. The summed E-state index contributed by atoms with van der Waals surface area (Å²) < 4.78 is 13.8. The SMILES string of the molecule is CO[SiH2]C(C)(C)N1CCC[Si]1(C)OC. The lowest BCUT2D eigenvalue weighted by atomic mass is 10.3. The van der Waals surface area contributed by atoms with Gasteiger partial charge in [-0.2, -0.15) is 0 Å². The maximum Gasteiger partial charge on any atom is 0.268 e. The van der Waals surface area contributed by atoms with E-state index in [0.29, 0.717) is 0 Å². The third-order valence-corrected chi connectivity index (χ3v) is 9.09. The summed E-state index contributed by atoms with van der Waals surface area (Å²) in [6.45, 7) is 8.13.